The van der Waals surface area contributed by atoms with Gasteiger partial charge in [0.1, 0.15) is 0 Å². The largest absolute Gasteiger partial charge is 0.311 e. The zero-order valence-electron chi connectivity index (χ0n) is 28.1. The molecule has 0 amide bonds. The fourth-order valence-electron chi connectivity index (χ4n) is 6.92. The van der Waals surface area contributed by atoms with E-state index in [2.05, 4.69) is 206 Å². The van der Waals surface area contributed by atoms with Gasteiger partial charge >= 0.3 is 0 Å². The van der Waals surface area contributed by atoms with Crippen LogP contribution in [0.3, 0.4) is 0 Å². The highest BCUT2D eigenvalue weighted by atomic mass is 15.1. The minimum atomic E-state index is 1.09. The Morgan fingerprint density at radius 3 is 1.34 bits per heavy atom. The van der Waals surface area contributed by atoms with E-state index in [0.29, 0.717) is 0 Å². The Morgan fingerprint density at radius 1 is 0.440 bits per heavy atom. The van der Waals surface area contributed by atoms with Crippen molar-refractivity contribution in [1.82, 2.24) is 0 Å². The first-order chi connectivity index (χ1) is 24.6. The Labute approximate surface area is 294 Å². The Balaban J connectivity index is 1.17. The third-order valence-corrected chi connectivity index (χ3v) is 9.57. The quantitative estimate of drug-likeness (QED) is 0.150. The van der Waals surface area contributed by atoms with Crippen LogP contribution in [0.2, 0.25) is 0 Å². The predicted molar refractivity (Wildman–Crippen MR) is 215 cm³/mol. The van der Waals surface area contributed by atoms with E-state index >= 15 is 0 Å². The number of hydrogen-bond donors (Lipinski definition) is 0. The van der Waals surface area contributed by atoms with Crippen molar-refractivity contribution >= 4 is 44.2 Å². The van der Waals surface area contributed by atoms with Gasteiger partial charge in [0.15, 0.2) is 0 Å². The van der Waals surface area contributed by atoms with Gasteiger partial charge in [0.25, 0.3) is 0 Å². The molecule has 0 saturated heterocycles. The van der Waals surface area contributed by atoms with Gasteiger partial charge in [0, 0.05) is 17.1 Å². The molecule has 0 fully saturated rings. The third kappa shape index (κ3) is 6.14. The fraction of sp³-hybridized carbons (Fsp3) is 0.0204. The summed E-state index contributed by atoms with van der Waals surface area (Å²) in [5.74, 6) is 0. The number of benzene rings is 8. The van der Waals surface area contributed by atoms with E-state index in [9.17, 15) is 0 Å². The van der Waals surface area contributed by atoms with Gasteiger partial charge in [0.05, 0.1) is 0 Å². The Morgan fingerprint density at radius 2 is 0.860 bits per heavy atom. The molecule has 0 atom stereocenters. The van der Waals surface area contributed by atoms with Crippen molar-refractivity contribution in [1.29, 1.82) is 0 Å². The molecule has 8 aromatic rings. The Hall–Kier alpha value is -6.44. The molecule has 238 valence electrons. The molecule has 0 radical (unpaired) electrons. The summed E-state index contributed by atoms with van der Waals surface area (Å²) in [5, 5.41) is 5.00. The second-order valence-corrected chi connectivity index (χ2v) is 12.7. The summed E-state index contributed by atoms with van der Waals surface area (Å²) in [6.45, 7) is 6.17. The molecule has 0 unspecified atom stereocenters. The molecule has 0 aromatic heterocycles. The molecular weight excluding hydrogens is 603 g/mol. The lowest BCUT2D eigenvalue weighted by molar-refractivity contribution is 1.28. The number of nitrogens with zero attached hydrogens (tertiary/aromatic N) is 1. The summed E-state index contributed by atoms with van der Waals surface area (Å²) in [6.07, 6.45) is 3.97. The van der Waals surface area contributed by atoms with Crippen LogP contribution in [0.4, 0.5) is 17.1 Å². The van der Waals surface area contributed by atoms with Crippen molar-refractivity contribution in [2.75, 3.05) is 4.90 Å². The lowest BCUT2D eigenvalue weighted by Crippen LogP contribution is -2.10. The molecule has 1 heteroatoms. The Bertz CT molecular complexity index is 2360. The number of rotatable bonds is 8. The van der Waals surface area contributed by atoms with Gasteiger partial charge < -0.3 is 4.90 Å². The van der Waals surface area contributed by atoms with Crippen LogP contribution in [0.1, 0.15) is 16.7 Å². The maximum absolute atomic E-state index is 4.01. The molecule has 0 aliphatic carbocycles. The van der Waals surface area contributed by atoms with Crippen LogP contribution in [0, 0.1) is 6.92 Å². The van der Waals surface area contributed by atoms with Crippen molar-refractivity contribution < 1.29 is 0 Å². The second-order valence-electron chi connectivity index (χ2n) is 12.7. The van der Waals surface area contributed by atoms with Crippen LogP contribution < -0.4 is 4.90 Å². The number of aryl methyl sites for hydroxylation is 1. The lowest BCUT2D eigenvalue weighted by atomic mass is 9.94. The first-order valence-corrected chi connectivity index (χ1v) is 17.1. The summed E-state index contributed by atoms with van der Waals surface area (Å²) in [5.41, 5.74) is 12.9. The molecule has 1 nitrogen and oxygen atoms in total. The molecule has 0 aliphatic heterocycles. The SMILES string of the molecule is C=C/C=C(/c1ccc(N(c2ccc(-c3ccc4ccccc4c3)cc2)c2ccc(-c3ccc4ccccc4c3)cc2)cc1)c1ccccc1C. The summed E-state index contributed by atoms with van der Waals surface area (Å²) in [7, 11) is 0. The standard InChI is InChI=1S/C49H37N/c1-3-10-49(48-16-9-4-11-35(48)2)40-25-31-47(32-26-40)50(45-27-21-38(22-28-45)43-19-17-36-12-5-7-14-41(36)33-43)46-29-23-39(24-30-46)44-20-18-37-13-6-8-15-42(37)34-44/h3-34H,1H2,2H3/b49-10-. The van der Waals surface area contributed by atoms with E-state index in [1.807, 2.05) is 6.08 Å². The Kier molecular flexibility index (Phi) is 8.39. The average molecular weight is 640 g/mol. The van der Waals surface area contributed by atoms with E-state index in [4.69, 9.17) is 0 Å². The van der Waals surface area contributed by atoms with Crippen molar-refractivity contribution in [3.8, 4) is 22.3 Å². The fourth-order valence-corrected chi connectivity index (χ4v) is 6.92. The number of fused-ring (bicyclic) bond motifs is 2. The molecule has 0 bridgehead atoms. The van der Waals surface area contributed by atoms with Crippen LogP contribution >= 0.6 is 0 Å². The summed E-state index contributed by atoms with van der Waals surface area (Å²) in [4.78, 5) is 2.34. The van der Waals surface area contributed by atoms with Crippen LogP contribution in [-0.4, -0.2) is 0 Å². The summed E-state index contributed by atoms with van der Waals surface area (Å²) >= 11 is 0. The lowest BCUT2D eigenvalue weighted by Gasteiger charge is -2.26. The topological polar surface area (TPSA) is 3.24 Å². The van der Waals surface area contributed by atoms with Crippen LogP contribution in [0.5, 0.6) is 0 Å². The zero-order valence-corrected chi connectivity index (χ0v) is 28.1. The van der Waals surface area contributed by atoms with Crippen LogP contribution in [0.25, 0.3) is 49.4 Å². The first-order valence-electron chi connectivity index (χ1n) is 17.1. The highest BCUT2D eigenvalue weighted by Crippen LogP contribution is 2.38. The molecule has 8 aromatic carbocycles. The predicted octanol–water partition coefficient (Wildman–Crippen LogP) is 13.7. The van der Waals surface area contributed by atoms with Gasteiger partial charge in [-0.1, -0.05) is 152 Å². The van der Waals surface area contributed by atoms with E-state index in [1.54, 1.807) is 0 Å². The first kappa shape index (κ1) is 30.9. The van der Waals surface area contributed by atoms with Crippen LogP contribution in [-0.2, 0) is 0 Å². The molecule has 8 rings (SSSR count). The molecule has 0 aliphatic rings. The van der Waals surface area contributed by atoms with E-state index in [0.717, 1.165) is 28.2 Å². The molecule has 0 spiro atoms. The minimum Gasteiger partial charge on any atom is -0.311 e. The van der Waals surface area contributed by atoms with Crippen molar-refractivity contribution in [2.24, 2.45) is 0 Å². The molecular formula is C49H37N. The maximum atomic E-state index is 4.01. The summed E-state index contributed by atoms with van der Waals surface area (Å²) < 4.78 is 0. The zero-order chi connectivity index (χ0) is 33.9. The van der Waals surface area contributed by atoms with Crippen molar-refractivity contribution in [3.05, 3.63) is 217 Å². The third-order valence-electron chi connectivity index (χ3n) is 9.57. The highest BCUT2D eigenvalue weighted by Gasteiger charge is 2.15. The number of anilines is 3. The van der Waals surface area contributed by atoms with Crippen molar-refractivity contribution in [2.45, 2.75) is 6.92 Å². The van der Waals surface area contributed by atoms with Gasteiger partial charge in [-0.3, -0.25) is 0 Å². The molecule has 0 N–H and O–H groups in total. The normalized spacial score (nSPS) is 11.5. The number of allylic oxidation sites excluding steroid dienone is 2. The summed E-state index contributed by atoms with van der Waals surface area (Å²) in [6, 6.07) is 65.7. The number of hydrogen-bond acceptors (Lipinski definition) is 1. The van der Waals surface area contributed by atoms with E-state index in [1.165, 1.54) is 54.9 Å². The van der Waals surface area contributed by atoms with Gasteiger partial charge in [-0.15, -0.1) is 0 Å². The van der Waals surface area contributed by atoms with Gasteiger partial charge in [-0.2, -0.15) is 0 Å². The average Bonchev–Trinajstić information content (AvgIpc) is 3.18. The van der Waals surface area contributed by atoms with E-state index < -0.39 is 0 Å². The highest BCUT2D eigenvalue weighted by molar-refractivity contribution is 5.90. The van der Waals surface area contributed by atoms with Gasteiger partial charge in [-0.25, -0.2) is 0 Å². The second kappa shape index (κ2) is 13.6. The minimum absolute atomic E-state index is 1.09. The maximum Gasteiger partial charge on any atom is 0.0462 e. The molecule has 0 saturated carbocycles. The molecule has 0 heterocycles. The van der Waals surface area contributed by atoms with Gasteiger partial charge in [-0.05, 0) is 122 Å². The molecule has 50 heavy (non-hydrogen) atoms. The monoisotopic (exact) mass is 639 g/mol. The van der Waals surface area contributed by atoms with Crippen LogP contribution in [0.15, 0.2) is 201 Å². The van der Waals surface area contributed by atoms with Gasteiger partial charge in [0.2, 0.25) is 0 Å². The van der Waals surface area contributed by atoms with Crippen molar-refractivity contribution in [3.63, 3.8) is 0 Å². The smallest absolute Gasteiger partial charge is 0.0462 e. The van der Waals surface area contributed by atoms with E-state index in [-0.39, 0.29) is 0 Å².